The highest BCUT2D eigenvalue weighted by atomic mass is 32.1. The summed E-state index contributed by atoms with van der Waals surface area (Å²) in [5.41, 5.74) is 1.49. The molecule has 7 heteroatoms. The van der Waals surface area contributed by atoms with Crippen LogP contribution in [0.4, 0.5) is 10.5 Å². The van der Waals surface area contributed by atoms with Crippen LogP contribution in [-0.4, -0.2) is 22.6 Å². The Kier molecular flexibility index (Phi) is 5.10. The Morgan fingerprint density at radius 1 is 1.52 bits per heavy atom. The number of hydrogen-bond acceptors (Lipinski definition) is 5. The van der Waals surface area contributed by atoms with Gasteiger partial charge in [-0.25, -0.2) is 14.8 Å². The minimum absolute atomic E-state index is 0.157. The van der Waals surface area contributed by atoms with Crippen LogP contribution in [0.15, 0.2) is 23.7 Å². The van der Waals surface area contributed by atoms with Gasteiger partial charge in [-0.15, -0.1) is 11.3 Å². The van der Waals surface area contributed by atoms with Crippen molar-refractivity contribution in [2.75, 3.05) is 11.9 Å². The second-order valence-corrected chi connectivity index (χ2v) is 5.33. The molecule has 0 bridgehead atoms. The maximum atomic E-state index is 12.0. The van der Waals surface area contributed by atoms with Gasteiger partial charge in [0, 0.05) is 17.3 Å². The number of anilines is 1. The summed E-state index contributed by atoms with van der Waals surface area (Å²) >= 11 is 1.53. The van der Waals surface area contributed by atoms with E-state index in [0.717, 1.165) is 10.7 Å². The molecule has 0 spiro atoms. The first-order valence-corrected chi connectivity index (χ1v) is 7.55. The number of hydrogen-bond donors (Lipinski definition) is 2. The number of amides is 2. The first kappa shape index (κ1) is 15.2. The minimum atomic E-state index is -0.315. The van der Waals surface area contributed by atoms with E-state index in [2.05, 4.69) is 20.6 Å². The second-order valence-electron chi connectivity index (χ2n) is 4.44. The first-order chi connectivity index (χ1) is 10.1. The number of rotatable bonds is 5. The molecule has 0 saturated carbocycles. The number of nitrogens with one attached hydrogen (secondary N) is 2. The van der Waals surface area contributed by atoms with E-state index in [9.17, 15) is 4.79 Å². The van der Waals surface area contributed by atoms with Gasteiger partial charge in [0.2, 0.25) is 5.88 Å². The summed E-state index contributed by atoms with van der Waals surface area (Å²) in [6.07, 6.45) is 1.62. The molecule has 21 heavy (non-hydrogen) atoms. The summed E-state index contributed by atoms with van der Waals surface area (Å²) in [5, 5.41) is 8.42. The Bertz CT molecular complexity index is 615. The lowest BCUT2D eigenvalue weighted by Gasteiger charge is -2.14. The maximum Gasteiger partial charge on any atom is 0.319 e. The SMILES string of the molecule is CCOc1ncccc1NC(=O)N[C@@H](C)c1nc(C)cs1. The summed E-state index contributed by atoms with van der Waals surface area (Å²) < 4.78 is 5.37. The Morgan fingerprint density at radius 2 is 2.33 bits per heavy atom. The number of aromatic nitrogens is 2. The van der Waals surface area contributed by atoms with E-state index in [4.69, 9.17) is 4.74 Å². The summed E-state index contributed by atoms with van der Waals surface area (Å²) in [6, 6.07) is 3.02. The number of carbonyl (C=O) groups is 1. The molecule has 0 aliphatic rings. The third-order valence-electron chi connectivity index (χ3n) is 2.66. The third kappa shape index (κ3) is 4.16. The third-order valence-corrected chi connectivity index (χ3v) is 3.80. The van der Waals surface area contributed by atoms with E-state index in [-0.39, 0.29) is 12.1 Å². The maximum absolute atomic E-state index is 12.0. The van der Waals surface area contributed by atoms with E-state index in [1.807, 2.05) is 26.2 Å². The molecule has 2 aromatic rings. The Morgan fingerprint density at radius 3 is 3.00 bits per heavy atom. The monoisotopic (exact) mass is 306 g/mol. The number of pyridine rings is 1. The van der Waals surface area contributed by atoms with Gasteiger partial charge < -0.3 is 15.4 Å². The zero-order valence-corrected chi connectivity index (χ0v) is 13.0. The summed E-state index contributed by atoms with van der Waals surface area (Å²) in [6.45, 7) is 6.18. The molecule has 6 nitrogen and oxygen atoms in total. The Balaban J connectivity index is 1.98. The number of nitrogens with zero attached hydrogens (tertiary/aromatic N) is 2. The largest absolute Gasteiger partial charge is 0.476 e. The fourth-order valence-electron chi connectivity index (χ4n) is 1.73. The van der Waals surface area contributed by atoms with Crippen LogP contribution >= 0.6 is 11.3 Å². The van der Waals surface area contributed by atoms with Crippen molar-refractivity contribution in [3.05, 3.63) is 34.4 Å². The molecule has 0 unspecified atom stereocenters. The molecule has 2 N–H and O–H groups in total. The highest BCUT2D eigenvalue weighted by molar-refractivity contribution is 7.09. The molecule has 0 aliphatic heterocycles. The lowest BCUT2D eigenvalue weighted by Crippen LogP contribution is -2.31. The van der Waals surface area contributed by atoms with Gasteiger partial charge in [-0.05, 0) is 32.9 Å². The van der Waals surface area contributed by atoms with Crippen LogP contribution in [0.2, 0.25) is 0 Å². The molecule has 0 saturated heterocycles. The van der Waals surface area contributed by atoms with Gasteiger partial charge in [-0.1, -0.05) is 0 Å². The van der Waals surface area contributed by atoms with Crippen LogP contribution in [0.3, 0.4) is 0 Å². The highest BCUT2D eigenvalue weighted by Gasteiger charge is 2.14. The van der Waals surface area contributed by atoms with Gasteiger partial charge in [0.15, 0.2) is 0 Å². The summed E-state index contributed by atoms with van der Waals surface area (Å²) in [5.74, 6) is 0.410. The highest BCUT2D eigenvalue weighted by Crippen LogP contribution is 2.21. The van der Waals surface area contributed by atoms with Crippen molar-refractivity contribution < 1.29 is 9.53 Å². The van der Waals surface area contributed by atoms with Crippen molar-refractivity contribution in [1.82, 2.24) is 15.3 Å². The number of carbonyl (C=O) groups excluding carboxylic acids is 1. The first-order valence-electron chi connectivity index (χ1n) is 6.67. The van der Waals surface area contributed by atoms with E-state index in [1.54, 1.807) is 18.3 Å². The predicted molar refractivity (Wildman–Crippen MR) is 82.8 cm³/mol. The number of urea groups is 1. The van der Waals surface area contributed by atoms with Gasteiger partial charge in [0.25, 0.3) is 0 Å². The van der Waals surface area contributed by atoms with Gasteiger partial charge >= 0.3 is 6.03 Å². The van der Waals surface area contributed by atoms with E-state index >= 15 is 0 Å². The summed E-state index contributed by atoms with van der Waals surface area (Å²) in [4.78, 5) is 20.5. The summed E-state index contributed by atoms with van der Waals surface area (Å²) in [7, 11) is 0. The van der Waals surface area contributed by atoms with Crippen LogP contribution in [0.25, 0.3) is 0 Å². The number of aryl methyl sites for hydroxylation is 1. The zero-order chi connectivity index (χ0) is 15.2. The van der Waals surface area contributed by atoms with Gasteiger partial charge in [-0.3, -0.25) is 0 Å². The molecule has 2 aromatic heterocycles. The van der Waals surface area contributed by atoms with Crippen molar-refractivity contribution >= 4 is 23.1 Å². The molecule has 0 aromatic carbocycles. The van der Waals surface area contributed by atoms with Crippen LogP contribution in [0.5, 0.6) is 5.88 Å². The van der Waals surface area contributed by atoms with Crippen molar-refractivity contribution in [2.45, 2.75) is 26.8 Å². The number of thiazole rings is 1. The minimum Gasteiger partial charge on any atom is -0.476 e. The molecule has 0 radical (unpaired) electrons. The van der Waals surface area contributed by atoms with Gasteiger partial charge in [0.1, 0.15) is 10.7 Å². The molecular weight excluding hydrogens is 288 g/mol. The fourth-order valence-corrected chi connectivity index (χ4v) is 2.53. The zero-order valence-electron chi connectivity index (χ0n) is 12.2. The molecule has 0 fully saturated rings. The van der Waals surface area contributed by atoms with Gasteiger partial charge in [-0.2, -0.15) is 0 Å². The Labute approximate surface area is 127 Å². The van der Waals surface area contributed by atoms with Gasteiger partial charge in [0.05, 0.1) is 12.6 Å². The second kappa shape index (κ2) is 7.03. The van der Waals surface area contributed by atoms with E-state index < -0.39 is 0 Å². The molecule has 2 amide bonds. The quantitative estimate of drug-likeness (QED) is 0.890. The lowest BCUT2D eigenvalue weighted by atomic mass is 10.3. The Hall–Kier alpha value is -2.15. The fraction of sp³-hybridized carbons (Fsp3) is 0.357. The van der Waals surface area contributed by atoms with Crippen molar-refractivity contribution in [3.8, 4) is 5.88 Å². The van der Waals surface area contributed by atoms with E-state index in [0.29, 0.717) is 18.2 Å². The van der Waals surface area contributed by atoms with Crippen LogP contribution in [0.1, 0.15) is 30.6 Å². The van der Waals surface area contributed by atoms with Crippen molar-refractivity contribution in [2.24, 2.45) is 0 Å². The molecule has 2 heterocycles. The average Bonchev–Trinajstić information content (AvgIpc) is 2.88. The smallest absolute Gasteiger partial charge is 0.319 e. The molecule has 0 aliphatic carbocycles. The van der Waals surface area contributed by atoms with Crippen LogP contribution in [0, 0.1) is 6.92 Å². The lowest BCUT2D eigenvalue weighted by molar-refractivity contribution is 0.249. The van der Waals surface area contributed by atoms with Crippen LogP contribution in [-0.2, 0) is 0 Å². The topological polar surface area (TPSA) is 76.1 Å². The molecule has 2 rings (SSSR count). The standard InChI is InChI=1S/C14H18N4O2S/c1-4-20-12-11(6-5-7-15-12)18-14(19)17-10(3)13-16-9(2)8-21-13/h5-8,10H,4H2,1-3H3,(H2,17,18,19)/t10-/m0/s1. The molecule has 112 valence electrons. The average molecular weight is 306 g/mol. The number of ether oxygens (including phenoxy) is 1. The molecular formula is C14H18N4O2S. The van der Waals surface area contributed by atoms with Crippen molar-refractivity contribution in [1.29, 1.82) is 0 Å². The van der Waals surface area contributed by atoms with E-state index in [1.165, 1.54) is 11.3 Å². The van der Waals surface area contributed by atoms with Crippen molar-refractivity contribution in [3.63, 3.8) is 0 Å². The molecule has 1 atom stereocenters. The normalized spacial score (nSPS) is 11.8. The predicted octanol–water partition coefficient (Wildman–Crippen LogP) is 3.13. The van der Waals surface area contributed by atoms with Crippen LogP contribution < -0.4 is 15.4 Å².